The van der Waals surface area contributed by atoms with Crippen molar-refractivity contribution < 1.29 is 33.2 Å². The van der Waals surface area contributed by atoms with E-state index < -0.39 is 30.7 Å². The van der Waals surface area contributed by atoms with Gasteiger partial charge in [-0.05, 0) is 28.8 Å². The summed E-state index contributed by atoms with van der Waals surface area (Å²) in [6.07, 6.45) is -3.39. The van der Waals surface area contributed by atoms with Gasteiger partial charge in [-0.15, -0.1) is 0 Å². The highest BCUT2D eigenvalue weighted by molar-refractivity contribution is 7.79. The fourth-order valence-electron chi connectivity index (χ4n) is 4.83. The molecule has 43 heavy (non-hydrogen) atoms. The molecule has 0 amide bonds. The molecule has 5 rings (SSSR count). The summed E-state index contributed by atoms with van der Waals surface area (Å²) in [7, 11) is 1.59. The maximum atomic E-state index is 6.58. The number of methoxy groups -OCH3 is 1. The van der Waals surface area contributed by atoms with E-state index in [0.717, 1.165) is 16.7 Å². The van der Waals surface area contributed by atoms with Gasteiger partial charge in [0.25, 0.3) is 0 Å². The summed E-state index contributed by atoms with van der Waals surface area (Å²) in [4.78, 5) is 0. The maximum absolute atomic E-state index is 6.58. The standard InChI is InChI=1S/C35H36O7S/c1-36-34-33(39-24-28-18-10-4-11-19-28)32(38-23-27-16-8-3-9-17-27)31(42-35(43)40-29-20-12-5-13-21-29)30(41-34)25-37-22-26-14-6-2-7-15-26/h2-21,30-34H,22-25H2,1H3/t30-,31-,32+,33-,34+/m1/s1. The Morgan fingerprint density at radius 1 is 0.628 bits per heavy atom. The highest BCUT2D eigenvalue weighted by Crippen LogP contribution is 2.31. The van der Waals surface area contributed by atoms with E-state index in [0.29, 0.717) is 25.6 Å². The number of benzene rings is 4. The van der Waals surface area contributed by atoms with Gasteiger partial charge in [-0.2, -0.15) is 0 Å². The average molecular weight is 601 g/mol. The highest BCUT2D eigenvalue weighted by Gasteiger charge is 2.50. The van der Waals surface area contributed by atoms with Gasteiger partial charge < -0.3 is 33.2 Å². The van der Waals surface area contributed by atoms with Gasteiger partial charge in [-0.25, -0.2) is 0 Å². The molecule has 1 saturated heterocycles. The van der Waals surface area contributed by atoms with E-state index in [9.17, 15) is 0 Å². The van der Waals surface area contributed by atoms with Crippen molar-refractivity contribution in [1.29, 1.82) is 0 Å². The van der Waals surface area contributed by atoms with Gasteiger partial charge in [-0.3, -0.25) is 0 Å². The lowest BCUT2D eigenvalue weighted by Gasteiger charge is -2.45. The predicted molar refractivity (Wildman–Crippen MR) is 166 cm³/mol. The summed E-state index contributed by atoms with van der Waals surface area (Å²) in [5, 5.41) is -0.0566. The van der Waals surface area contributed by atoms with Crippen LogP contribution in [0.2, 0.25) is 0 Å². The second-order valence-electron chi connectivity index (χ2n) is 10.0. The van der Waals surface area contributed by atoms with Crippen LogP contribution in [0.3, 0.4) is 0 Å². The quantitative estimate of drug-likeness (QED) is 0.161. The average Bonchev–Trinajstić information content (AvgIpc) is 3.05. The molecule has 5 atom stereocenters. The monoisotopic (exact) mass is 600 g/mol. The molecule has 0 radical (unpaired) electrons. The molecule has 0 unspecified atom stereocenters. The van der Waals surface area contributed by atoms with E-state index in [4.69, 9.17) is 45.4 Å². The molecule has 0 aromatic heterocycles. The molecule has 0 aliphatic carbocycles. The molecular weight excluding hydrogens is 564 g/mol. The zero-order chi connectivity index (χ0) is 29.7. The Morgan fingerprint density at radius 2 is 1.12 bits per heavy atom. The molecule has 1 aliphatic rings. The number of hydrogen-bond acceptors (Lipinski definition) is 8. The van der Waals surface area contributed by atoms with Crippen LogP contribution in [0.5, 0.6) is 5.75 Å². The van der Waals surface area contributed by atoms with Crippen LogP contribution in [-0.4, -0.2) is 49.7 Å². The summed E-state index contributed by atoms with van der Waals surface area (Å²) in [6, 6.07) is 39.0. The van der Waals surface area contributed by atoms with Crippen molar-refractivity contribution >= 4 is 17.5 Å². The van der Waals surface area contributed by atoms with Gasteiger partial charge in [-0.1, -0.05) is 109 Å². The maximum Gasteiger partial charge on any atom is 0.358 e. The number of ether oxygens (including phenoxy) is 7. The minimum atomic E-state index is -0.752. The van der Waals surface area contributed by atoms with Crippen molar-refractivity contribution in [1.82, 2.24) is 0 Å². The molecule has 1 fully saturated rings. The predicted octanol–water partition coefficient (Wildman–Crippen LogP) is 6.49. The molecule has 0 N–H and O–H groups in total. The lowest BCUT2D eigenvalue weighted by molar-refractivity contribution is -0.314. The smallest absolute Gasteiger partial charge is 0.358 e. The first kappa shape index (κ1) is 30.8. The normalized spacial score (nSPS) is 21.7. The SMILES string of the molecule is CO[C@H]1O[C@H](COCc2ccccc2)[C@@H](OC(=S)Oc2ccccc2)[C@H](OCc2ccccc2)[C@H]1OCc1ccccc1. The Balaban J connectivity index is 1.40. The van der Waals surface area contributed by atoms with Gasteiger partial charge >= 0.3 is 5.24 Å². The van der Waals surface area contributed by atoms with E-state index in [2.05, 4.69) is 0 Å². The molecule has 7 nitrogen and oxygen atoms in total. The topological polar surface area (TPSA) is 64.6 Å². The van der Waals surface area contributed by atoms with Crippen LogP contribution in [0.4, 0.5) is 0 Å². The van der Waals surface area contributed by atoms with Crippen LogP contribution in [0, 0.1) is 0 Å². The van der Waals surface area contributed by atoms with Crippen LogP contribution >= 0.6 is 12.2 Å². The first-order valence-corrected chi connectivity index (χ1v) is 14.6. The molecule has 4 aromatic rings. The third-order valence-electron chi connectivity index (χ3n) is 6.96. The number of rotatable bonds is 13. The zero-order valence-corrected chi connectivity index (χ0v) is 24.8. The minimum Gasteiger partial charge on any atom is -0.447 e. The van der Waals surface area contributed by atoms with Gasteiger partial charge in [0.2, 0.25) is 0 Å². The summed E-state index contributed by atoms with van der Waals surface area (Å²) in [5.41, 5.74) is 3.05. The summed E-state index contributed by atoms with van der Waals surface area (Å²) in [6.45, 7) is 1.24. The van der Waals surface area contributed by atoms with Crippen LogP contribution in [0.1, 0.15) is 16.7 Å². The third kappa shape index (κ3) is 9.18. The van der Waals surface area contributed by atoms with Crippen molar-refractivity contribution in [2.24, 2.45) is 0 Å². The van der Waals surface area contributed by atoms with Crippen molar-refractivity contribution in [2.75, 3.05) is 13.7 Å². The first-order chi connectivity index (χ1) is 21.2. The van der Waals surface area contributed by atoms with Crippen molar-refractivity contribution in [2.45, 2.75) is 50.5 Å². The van der Waals surface area contributed by atoms with Crippen LogP contribution in [-0.2, 0) is 48.2 Å². The van der Waals surface area contributed by atoms with E-state index in [1.807, 2.05) is 121 Å². The number of para-hydroxylation sites is 1. The third-order valence-corrected chi connectivity index (χ3v) is 7.14. The second-order valence-corrected chi connectivity index (χ2v) is 10.4. The van der Waals surface area contributed by atoms with Crippen LogP contribution in [0.25, 0.3) is 0 Å². The second kappa shape index (κ2) is 16.3. The van der Waals surface area contributed by atoms with E-state index >= 15 is 0 Å². The first-order valence-electron chi connectivity index (χ1n) is 14.2. The molecule has 224 valence electrons. The number of thiocarbonyl (C=S) groups is 1. The zero-order valence-electron chi connectivity index (χ0n) is 24.0. The Kier molecular flexibility index (Phi) is 11.7. The molecule has 8 heteroatoms. The van der Waals surface area contributed by atoms with E-state index in [-0.39, 0.29) is 11.8 Å². The summed E-state index contributed by atoms with van der Waals surface area (Å²) in [5.74, 6) is 0.564. The lowest BCUT2D eigenvalue weighted by atomic mass is 9.98. The van der Waals surface area contributed by atoms with Crippen molar-refractivity contribution in [3.8, 4) is 5.75 Å². The van der Waals surface area contributed by atoms with E-state index in [1.54, 1.807) is 7.11 Å². The van der Waals surface area contributed by atoms with E-state index in [1.165, 1.54) is 0 Å². The Labute approximate surface area is 258 Å². The molecule has 1 aliphatic heterocycles. The fraction of sp³-hybridized carbons (Fsp3) is 0.286. The van der Waals surface area contributed by atoms with Crippen molar-refractivity contribution in [3.05, 3.63) is 138 Å². The fourth-order valence-corrected chi connectivity index (χ4v) is 5.04. The van der Waals surface area contributed by atoms with Crippen molar-refractivity contribution in [3.63, 3.8) is 0 Å². The van der Waals surface area contributed by atoms with Crippen LogP contribution < -0.4 is 4.74 Å². The lowest BCUT2D eigenvalue weighted by Crippen LogP contribution is -2.62. The number of hydrogen-bond donors (Lipinski definition) is 0. The molecule has 0 bridgehead atoms. The molecular formula is C35H36O7S. The van der Waals surface area contributed by atoms with Gasteiger partial charge in [0.05, 0.1) is 26.4 Å². The molecule has 1 heterocycles. The molecule has 0 spiro atoms. The molecule has 0 saturated carbocycles. The summed E-state index contributed by atoms with van der Waals surface area (Å²) < 4.78 is 43.6. The Bertz CT molecular complexity index is 1360. The Hall–Kier alpha value is -3.63. The van der Waals surface area contributed by atoms with Crippen LogP contribution in [0.15, 0.2) is 121 Å². The molecule has 4 aromatic carbocycles. The summed E-state index contributed by atoms with van der Waals surface area (Å²) >= 11 is 5.56. The largest absolute Gasteiger partial charge is 0.447 e. The van der Waals surface area contributed by atoms with Gasteiger partial charge in [0.15, 0.2) is 12.4 Å². The minimum absolute atomic E-state index is 0.0566. The highest BCUT2D eigenvalue weighted by atomic mass is 32.1. The van der Waals surface area contributed by atoms with Gasteiger partial charge in [0, 0.05) is 19.3 Å². The van der Waals surface area contributed by atoms with Gasteiger partial charge in [0.1, 0.15) is 24.1 Å². The Morgan fingerprint density at radius 3 is 1.65 bits per heavy atom.